The molecule has 34 heavy (non-hydrogen) atoms. The van der Waals surface area contributed by atoms with E-state index in [2.05, 4.69) is 0 Å². The van der Waals surface area contributed by atoms with Crippen LogP contribution < -0.4 is 4.74 Å². The molecule has 0 fully saturated rings. The lowest BCUT2D eigenvalue weighted by molar-refractivity contribution is -0.133. The average Bonchev–Trinajstić information content (AvgIpc) is 3.25. The lowest BCUT2D eigenvalue weighted by atomic mass is 10.0. The molecule has 0 aliphatic carbocycles. The van der Waals surface area contributed by atoms with E-state index >= 15 is 0 Å². The molecule has 0 unspecified atom stereocenters. The normalized spacial score (nSPS) is 11.0. The Morgan fingerprint density at radius 1 is 0.794 bits per heavy atom. The number of fused-ring (bicyclic) bond motifs is 3. The second-order valence-corrected chi connectivity index (χ2v) is 7.83. The van der Waals surface area contributed by atoms with E-state index in [9.17, 15) is 9.59 Å². The molecule has 5 aromatic rings. The summed E-state index contributed by atoms with van der Waals surface area (Å²) in [5, 5.41) is 2.01. The minimum Gasteiger partial charge on any atom is -0.462 e. The van der Waals surface area contributed by atoms with Gasteiger partial charge >= 0.3 is 11.9 Å². The SMILES string of the molecule is CCOC(=O)c1c(-c2ccccc2)oc2c1cc(OC(=O)Cc1ccccc1)c1ccccc12. The van der Waals surface area contributed by atoms with Gasteiger partial charge in [-0.15, -0.1) is 0 Å². The zero-order chi connectivity index (χ0) is 23.5. The summed E-state index contributed by atoms with van der Waals surface area (Å²) in [5.74, 6) is -0.0842. The van der Waals surface area contributed by atoms with E-state index in [0.29, 0.717) is 28.0 Å². The van der Waals surface area contributed by atoms with Crippen molar-refractivity contribution in [1.29, 1.82) is 0 Å². The summed E-state index contributed by atoms with van der Waals surface area (Å²) in [7, 11) is 0. The third kappa shape index (κ3) is 4.04. The molecule has 0 amide bonds. The number of ether oxygens (including phenoxy) is 2. The highest BCUT2D eigenvalue weighted by Gasteiger charge is 2.26. The van der Waals surface area contributed by atoms with E-state index in [4.69, 9.17) is 13.9 Å². The van der Waals surface area contributed by atoms with Crippen molar-refractivity contribution in [2.24, 2.45) is 0 Å². The first kappa shape index (κ1) is 21.5. The Hall–Kier alpha value is -4.38. The van der Waals surface area contributed by atoms with Gasteiger partial charge in [0.15, 0.2) is 0 Å². The predicted octanol–water partition coefficient (Wildman–Crippen LogP) is 6.58. The van der Waals surface area contributed by atoms with E-state index < -0.39 is 5.97 Å². The van der Waals surface area contributed by atoms with Gasteiger partial charge in [0, 0.05) is 21.7 Å². The van der Waals surface area contributed by atoms with Gasteiger partial charge in [-0.2, -0.15) is 0 Å². The fraction of sp³-hybridized carbons (Fsp3) is 0.103. The van der Waals surface area contributed by atoms with Crippen molar-refractivity contribution < 1.29 is 23.5 Å². The van der Waals surface area contributed by atoms with Gasteiger partial charge in [0.05, 0.1) is 13.0 Å². The molecular formula is C29H22O5. The number of esters is 2. The molecule has 0 radical (unpaired) electrons. The third-order valence-electron chi connectivity index (χ3n) is 5.59. The highest BCUT2D eigenvalue weighted by Crippen LogP contribution is 2.41. The Morgan fingerprint density at radius 2 is 1.44 bits per heavy atom. The van der Waals surface area contributed by atoms with Crippen molar-refractivity contribution in [3.05, 3.63) is 102 Å². The molecule has 1 aromatic heterocycles. The molecule has 0 saturated carbocycles. The first-order valence-electron chi connectivity index (χ1n) is 11.1. The summed E-state index contributed by atoms with van der Waals surface area (Å²) in [6.07, 6.45) is 0.137. The minimum atomic E-state index is -0.489. The number of carbonyl (C=O) groups excluding carboxylic acids is 2. The Labute approximate surface area is 196 Å². The van der Waals surface area contributed by atoms with E-state index in [1.807, 2.05) is 84.9 Å². The first-order valence-corrected chi connectivity index (χ1v) is 11.1. The molecule has 0 N–H and O–H groups in total. The van der Waals surface area contributed by atoms with Crippen LogP contribution in [0.15, 0.2) is 95.4 Å². The van der Waals surface area contributed by atoms with Crippen LogP contribution in [0.3, 0.4) is 0 Å². The second kappa shape index (κ2) is 9.24. The number of benzene rings is 4. The Balaban J connectivity index is 1.68. The van der Waals surface area contributed by atoms with Crippen molar-refractivity contribution >= 4 is 33.7 Å². The Kier molecular flexibility index (Phi) is 5.83. The molecule has 0 aliphatic rings. The van der Waals surface area contributed by atoms with Crippen LogP contribution in [0.2, 0.25) is 0 Å². The molecule has 1 heterocycles. The van der Waals surface area contributed by atoms with E-state index in [-0.39, 0.29) is 19.0 Å². The fourth-order valence-electron chi connectivity index (χ4n) is 4.09. The van der Waals surface area contributed by atoms with E-state index in [1.54, 1.807) is 13.0 Å². The van der Waals surface area contributed by atoms with Crippen molar-refractivity contribution in [3.63, 3.8) is 0 Å². The summed E-state index contributed by atoms with van der Waals surface area (Å²) < 4.78 is 17.5. The highest BCUT2D eigenvalue weighted by atomic mass is 16.5. The molecule has 5 heteroatoms. The van der Waals surface area contributed by atoms with Gasteiger partial charge in [0.25, 0.3) is 0 Å². The molecular weight excluding hydrogens is 428 g/mol. The molecule has 5 nitrogen and oxygen atoms in total. The number of carbonyl (C=O) groups is 2. The Bertz CT molecular complexity index is 1480. The summed E-state index contributed by atoms with van der Waals surface area (Å²) in [5.41, 5.74) is 2.47. The van der Waals surface area contributed by atoms with Gasteiger partial charge in [-0.05, 0) is 18.6 Å². The smallest absolute Gasteiger partial charge is 0.342 e. The van der Waals surface area contributed by atoms with Crippen LogP contribution >= 0.6 is 0 Å². The average molecular weight is 450 g/mol. The highest BCUT2D eigenvalue weighted by molar-refractivity contribution is 6.17. The molecule has 0 saturated heterocycles. The van der Waals surface area contributed by atoms with E-state index in [1.165, 1.54) is 0 Å². The predicted molar refractivity (Wildman–Crippen MR) is 131 cm³/mol. The van der Waals surface area contributed by atoms with Crippen LogP contribution in [0, 0.1) is 0 Å². The van der Waals surface area contributed by atoms with Gasteiger partial charge in [0.1, 0.15) is 22.7 Å². The molecule has 5 rings (SSSR count). The maximum absolute atomic E-state index is 13.0. The van der Waals surface area contributed by atoms with Crippen molar-refractivity contribution in [3.8, 4) is 17.1 Å². The van der Waals surface area contributed by atoms with Crippen molar-refractivity contribution in [2.45, 2.75) is 13.3 Å². The topological polar surface area (TPSA) is 65.7 Å². The van der Waals surface area contributed by atoms with Gasteiger partial charge in [-0.3, -0.25) is 4.79 Å². The third-order valence-corrected chi connectivity index (χ3v) is 5.59. The summed E-state index contributed by atoms with van der Waals surface area (Å²) in [6, 6.07) is 28.0. The standard InChI is InChI=1S/C29H22O5/c1-2-32-29(31)26-23-18-24(33-25(30)17-19-11-5-3-6-12-19)21-15-9-10-16-22(21)28(23)34-27(26)20-13-7-4-8-14-20/h3-16,18H,2,17H2,1H3. The minimum absolute atomic E-state index is 0.137. The van der Waals surface area contributed by atoms with Crippen LogP contribution in [0.4, 0.5) is 0 Å². The maximum atomic E-state index is 13.0. The zero-order valence-electron chi connectivity index (χ0n) is 18.6. The van der Waals surface area contributed by atoms with Crippen molar-refractivity contribution in [1.82, 2.24) is 0 Å². The molecule has 0 aliphatic heterocycles. The largest absolute Gasteiger partial charge is 0.462 e. The number of rotatable bonds is 6. The van der Waals surface area contributed by atoms with Gasteiger partial charge in [-0.25, -0.2) is 4.79 Å². The maximum Gasteiger partial charge on any atom is 0.342 e. The van der Waals surface area contributed by atoms with Gasteiger partial charge < -0.3 is 13.9 Å². The quantitative estimate of drug-likeness (QED) is 0.216. The van der Waals surface area contributed by atoms with E-state index in [0.717, 1.165) is 21.9 Å². The molecule has 168 valence electrons. The lowest BCUT2D eigenvalue weighted by Gasteiger charge is -2.09. The first-order chi connectivity index (χ1) is 16.7. The fourth-order valence-corrected chi connectivity index (χ4v) is 4.09. The molecule has 4 aromatic carbocycles. The Morgan fingerprint density at radius 3 is 2.15 bits per heavy atom. The number of hydrogen-bond donors (Lipinski definition) is 0. The van der Waals surface area contributed by atoms with Gasteiger partial charge in [-0.1, -0.05) is 84.9 Å². The number of hydrogen-bond acceptors (Lipinski definition) is 5. The number of furan rings is 1. The summed E-state index contributed by atoms with van der Waals surface area (Å²) in [6.45, 7) is 1.99. The van der Waals surface area contributed by atoms with Crippen LogP contribution in [-0.2, 0) is 16.0 Å². The molecule has 0 atom stereocenters. The monoisotopic (exact) mass is 450 g/mol. The molecule has 0 bridgehead atoms. The molecule has 0 spiro atoms. The van der Waals surface area contributed by atoms with Crippen LogP contribution in [0.5, 0.6) is 5.75 Å². The lowest BCUT2D eigenvalue weighted by Crippen LogP contribution is -2.11. The summed E-state index contributed by atoms with van der Waals surface area (Å²) in [4.78, 5) is 25.8. The van der Waals surface area contributed by atoms with Crippen LogP contribution in [-0.4, -0.2) is 18.5 Å². The second-order valence-electron chi connectivity index (χ2n) is 7.83. The van der Waals surface area contributed by atoms with Crippen LogP contribution in [0.1, 0.15) is 22.8 Å². The van der Waals surface area contributed by atoms with Gasteiger partial charge in [0.2, 0.25) is 0 Å². The zero-order valence-corrected chi connectivity index (χ0v) is 18.6. The van der Waals surface area contributed by atoms with Crippen molar-refractivity contribution in [2.75, 3.05) is 6.61 Å². The summed E-state index contributed by atoms with van der Waals surface area (Å²) >= 11 is 0. The van der Waals surface area contributed by atoms with Crippen LogP contribution in [0.25, 0.3) is 33.1 Å².